The molecule has 0 unspecified atom stereocenters. The van der Waals surface area contributed by atoms with Crippen LogP contribution in [0.3, 0.4) is 0 Å². The summed E-state index contributed by atoms with van der Waals surface area (Å²) in [6.07, 6.45) is 3.00. The van der Waals surface area contributed by atoms with E-state index in [4.69, 9.17) is 0 Å². The van der Waals surface area contributed by atoms with E-state index in [1.165, 1.54) is 54.5 Å². The van der Waals surface area contributed by atoms with Crippen molar-refractivity contribution in [1.29, 1.82) is 0 Å². The molecule has 0 bridgehead atoms. The maximum atomic E-state index is 13.1. The summed E-state index contributed by atoms with van der Waals surface area (Å²) in [7, 11) is 0. The number of benzene rings is 2. The molecule has 0 aliphatic rings. The fraction of sp³-hybridized carbons (Fsp3) is 0.0526. The lowest BCUT2D eigenvalue weighted by Crippen LogP contribution is -2.14. The lowest BCUT2D eigenvalue weighted by Gasteiger charge is -2.06. The van der Waals surface area contributed by atoms with Crippen molar-refractivity contribution in [3.05, 3.63) is 72.7 Å². The van der Waals surface area contributed by atoms with E-state index < -0.39 is 0 Å². The number of nitrogens with one attached hydrogen (secondary N) is 1. The van der Waals surface area contributed by atoms with Crippen LogP contribution in [0.2, 0.25) is 0 Å². The zero-order valence-corrected chi connectivity index (χ0v) is 15.2. The highest BCUT2D eigenvalue weighted by atomic mass is 32.2. The third-order valence-electron chi connectivity index (χ3n) is 3.87. The summed E-state index contributed by atoms with van der Waals surface area (Å²) in [5.74, 6) is -0.827. The molecule has 140 valence electrons. The highest BCUT2D eigenvalue weighted by Gasteiger charge is 2.13. The minimum absolute atomic E-state index is 0.116. The van der Waals surface area contributed by atoms with Crippen LogP contribution in [0.15, 0.2) is 66.1 Å². The van der Waals surface area contributed by atoms with Crippen LogP contribution >= 0.6 is 11.8 Å². The van der Waals surface area contributed by atoms with Crippen molar-refractivity contribution in [2.75, 3.05) is 11.1 Å². The SMILES string of the molecule is O=C(CSc1ncnc2c1cnn2-c1ccc(F)cc1)Nc1ccc(F)cc1. The maximum Gasteiger partial charge on any atom is 0.234 e. The van der Waals surface area contributed by atoms with Gasteiger partial charge in [-0.3, -0.25) is 4.79 Å². The van der Waals surface area contributed by atoms with Crippen molar-refractivity contribution in [2.24, 2.45) is 0 Å². The molecule has 2 heterocycles. The van der Waals surface area contributed by atoms with Crippen LogP contribution in [-0.2, 0) is 4.79 Å². The minimum atomic E-state index is -0.367. The lowest BCUT2D eigenvalue weighted by molar-refractivity contribution is -0.113. The second-order valence-electron chi connectivity index (χ2n) is 5.79. The summed E-state index contributed by atoms with van der Waals surface area (Å²) in [4.78, 5) is 20.6. The first-order valence-electron chi connectivity index (χ1n) is 8.23. The van der Waals surface area contributed by atoms with Gasteiger partial charge in [-0.15, -0.1) is 0 Å². The second-order valence-corrected chi connectivity index (χ2v) is 6.76. The smallest absolute Gasteiger partial charge is 0.234 e. The Hall–Kier alpha value is -3.33. The Morgan fingerprint density at radius 3 is 2.39 bits per heavy atom. The zero-order chi connectivity index (χ0) is 19.5. The Morgan fingerprint density at radius 1 is 1.00 bits per heavy atom. The number of amides is 1. The Kier molecular flexibility index (Phi) is 4.98. The fourth-order valence-corrected chi connectivity index (χ4v) is 3.33. The van der Waals surface area contributed by atoms with E-state index in [0.29, 0.717) is 27.4 Å². The number of nitrogens with zero attached hydrogens (tertiary/aromatic N) is 4. The molecule has 0 saturated heterocycles. The summed E-state index contributed by atoms with van der Waals surface area (Å²) in [5, 5.41) is 8.29. The Morgan fingerprint density at radius 2 is 1.68 bits per heavy atom. The van der Waals surface area contributed by atoms with Gasteiger partial charge in [-0.05, 0) is 48.5 Å². The van der Waals surface area contributed by atoms with E-state index in [0.717, 1.165) is 0 Å². The molecule has 0 fully saturated rings. The molecule has 1 N–H and O–H groups in total. The molecule has 0 atom stereocenters. The van der Waals surface area contributed by atoms with Gasteiger partial charge in [0.2, 0.25) is 5.91 Å². The van der Waals surface area contributed by atoms with E-state index >= 15 is 0 Å². The number of thioether (sulfide) groups is 1. The average molecular weight is 397 g/mol. The largest absolute Gasteiger partial charge is 0.325 e. The number of carbonyl (C=O) groups is 1. The first-order valence-corrected chi connectivity index (χ1v) is 9.21. The molecule has 0 radical (unpaired) electrons. The Bertz CT molecular complexity index is 1130. The maximum absolute atomic E-state index is 13.1. The van der Waals surface area contributed by atoms with Crippen molar-refractivity contribution >= 4 is 34.4 Å². The number of hydrogen-bond acceptors (Lipinski definition) is 5. The summed E-state index contributed by atoms with van der Waals surface area (Å²) < 4.78 is 27.7. The molecule has 0 spiro atoms. The minimum Gasteiger partial charge on any atom is -0.325 e. The molecule has 4 rings (SSSR count). The lowest BCUT2D eigenvalue weighted by atomic mass is 10.3. The molecule has 2 aromatic heterocycles. The van der Waals surface area contributed by atoms with E-state index in [1.807, 2.05) is 0 Å². The van der Waals surface area contributed by atoms with Crippen LogP contribution < -0.4 is 5.32 Å². The Balaban J connectivity index is 1.50. The van der Waals surface area contributed by atoms with Gasteiger partial charge in [0.1, 0.15) is 23.0 Å². The van der Waals surface area contributed by atoms with Crippen molar-refractivity contribution in [3.63, 3.8) is 0 Å². The molecule has 0 saturated carbocycles. The number of carbonyl (C=O) groups excluding carboxylic acids is 1. The monoisotopic (exact) mass is 397 g/mol. The van der Waals surface area contributed by atoms with E-state index in [-0.39, 0.29) is 23.3 Å². The molecule has 2 aromatic carbocycles. The first-order chi connectivity index (χ1) is 13.6. The molecular weight excluding hydrogens is 384 g/mol. The standard InChI is InChI=1S/C19H13F2N5OS/c20-12-1-5-14(6-2-12)25-17(27)10-28-19-16-9-24-26(18(16)22-11-23-19)15-7-3-13(21)4-8-15/h1-9,11H,10H2,(H,25,27). The number of anilines is 1. The summed E-state index contributed by atoms with van der Waals surface area (Å²) >= 11 is 1.24. The van der Waals surface area contributed by atoms with E-state index in [1.54, 1.807) is 23.0 Å². The van der Waals surface area contributed by atoms with Gasteiger partial charge in [0.05, 0.1) is 23.0 Å². The summed E-state index contributed by atoms with van der Waals surface area (Å²) in [6, 6.07) is 11.4. The number of aromatic nitrogens is 4. The van der Waals surface area contributed by atoms with Crippen LogP contribution in [-0.4, -0.2) is 31.4 Å². The van der Waals surface area contributed by atoms with Gasteiger partial charge >= 0.3 is 0 Å². The van der Waals surface area contributed by atoms with Gasteiger partial charge < -0.3 is 5.32 Å². The third kappa shape index (κ3) is 3.84. The number of hydrogen-bond donors (Lipinski definition) is 1. The first kappa shape index (κ1) is 18.1. The van der Waals surface area contributed by atoms with Gasteiger partial charge in [-0.2, -0.15) is 5.10 Å². The number of rotatable bonds is 5. The molecule has 28 heavy (non-hydrogen) atoms. The molecule has 1 amide bonds. The van der Waals surface area contributed by atoms with Crippen molar-refractivity contribution in [3.8, 4) is 5.69 Å². The zero-order valence-electron chi connectivity index (χ0n) is 14.3. The summed E-state index contributed by atoms with van der Waals surface area (Å²) in [6.45, 7) is 0. The molecule has 9 heteroatoms. The molecule has 6 nitrogen and oxygen atoms in total. The fourth-order valence-electron chi connectivity index (χ4n) is 2.57. The molecular formula is C19H13F2N5OS. The van der Waals surface area contributed by atoms with Crippen LogP contribution in [0.25, 0.3) is 16.7 Å². The second kappa shape index (κ2) is 7.73. The van der Waals surface area contributed by atoms with Gasteiger partial charge in [0.15, 0.2) is 5.65 Å². The molecule has 0 aliphatic heterocycles. The van der Waals surface area contributed by atoms with Gasteiger partial charge in [-0.1, -0.05) is 11.8 Å². The predicted octanol–water partition coefficient (Wildman–Crippen LogP) is 3.82. The predicted molar refractivity (Wildman–Crippen MR) is 102 cm³/mol. The van der Waals surface area contributed by atoms with Gasteiger partial charge in [0, 0.05) is 5.69 Å². The molecule has 4 aromatic rings. The quantitative estimate of drug-likeness (QED) is 0.409. The summed E-state index contributed by atoms with van der Waals surface area (Å²) in [5.41, 5.74) is 1.74. The van der Waals surface area contributed by atoms with Gasteiger partial charge in [0.25, 0.3) is 0 Å². The van der Waals surface area contributed by atoms with E-state index in [9.17, 15) is 13.6 Å². The molecule has 0 aliphatic carbocycles. The van der Waals surface area contributed by atoms with E-state index in [2.05, 4.69) is 20.4 Å². The van der Waals surface area contributed by atoms with Crippen molar-refractivity contribution in [2.45, 2.75) is 5.03 Å². The highest BCUT2D eigenvalue weighted by molar-refractivity contribution is 8.00. The number of fused-ring (bicyclic) bond motifs is 1. The normalized spacial score (nSPS) is 10.9. The van der Waals surface area contributed by atoms with Crippen LogP contribution in [0.1, 0.15) is 0 Å². The average Bonchev–Trinajstić information content (AvgIpc) is 3.13. The Labute approximate surface area is 162 Å². The van der Waals surface area contributed by atoms with Crippen LogP contribution in [0.5, 0.6) is 0 Å². The van der Waals surface area contributed by atoms with Crippen molar-refractivity contribution in [1.82, 2.24) is 19.7 Å². The van der Waals surface area contributed by atoms with Gasteiger partial charge in [-0.25, -0.2) is 23.4 Å². The number of halogens is 2. The highest BCUT2D eigenvalue weighted by Crippen LogP contribution is 2.26. The topological polar surface area (TPSA) is 72.7 Å². The van der Waals surface area contributed by atoms with Crippen molar-refractivity contribution < 1.29 is 13.6 Å². The van der Waals surface area contributed by atoms with Crippen LogP contribution in [0.4, 0.5) is 14.5 Å². The third-order valence-corrected chi connectivity index (χ3v) is 4.87. The van der Waals surface area contributed by atoms with Crippen LogP contribution in [0, 0.1) is 11.6 Å².